The first kappa shape index (κ1) is 22.4. The number of carbonyl (C=O) groups is 1. The van der Waals surface area contributed by atoms with Crippen molar-refractivity contribution in [2.24, 2.45) is 23.2 Å². The van der Waals surface area contributed by atoms with Gasteiger partial charge in [0.25, 0.3) is 5.91 Å². The van der Waals surface area contributed by atoms with Crippen molar-refractivity contribution >= 4 is 5.91 Å². The highest BCUT2D eigenvalue weighted by molar-refractivity contribution is 5.92. The Bertz CT molecular complexity index is 1130. The van der Waals surface area contributed by atoms with E-state index in [-0.39, 0.29) is 18.7 Å². The van der Waals surface area contributed by atoms with Gasteiger partial charge in [0.2, 0.25) is 0 Å². The summed E-state index contributed by atoms with van der Waals surface area (Å²) in [5.41, 5.74) is 3.11. The number of nitrogens with zero attached hydrogens (tertiary/aromatic N) is 2. The summed E-state index contributed by atoms with van der Waals surface area (Å²) in [6, 6.07) is 20.4. The second-order valence-electron chi connectivity index (χ2n) is 11.1. The van der Waals surface area contributed by atoms with Crippen LogP contribution < -0.4 is 10.1 Å². The van der Waals surface area contributed by atoms with Crippen LogP contribution in [0.5, 0.6) is 5.75 Å². The summed E-state index contributed by atoms with van der Waals surface area (Å²) in [6.07, 6.45) is 10.9. The molecule has 5 nitrogen and oxygen atoms in total. The Balaban J connectivity index is 1.07. The van der Waals surface area contributed by atoms with E-state index in [4.69, 9.17) is 4.74 Å². The summed E-state index contributed by atoms with van der Waals surface area (Å²) in [5, 5.41) is 7.90. The molecule has 2 aromatic carbocycles. The van der Waals surface area contributed by atoms with E-state index < -0.39 is 0 Å². The maximum absolute atomic E-state index is 13.1. The average Bonchev–Trinajstić information content (AvgIpc) is 3.35. The van der Waals surface area contributed by atoms with Crippen LogP contribution in [-0.2, 0) is 6.73 Å². The van der Waals surface area contributed by atoms with Crippen molar-refractivity contribution in [1.82, 2.24) is 15.1 Å². The number of rotatable bonds is 8. The minimum absolute atomic E-state index is 0.0569. The fourth-order valence-electron chi connectivity index (χ4n) is 7.59. The van der Waals surface area contributed by atoms with Gasteiger partial charge in [0.1, 0.15) is 11.4 Å². The topological polar surface area (TPSA) is 56.2 Å². The zero-order valence-electron chi connectivity index (χ0n) is 20.5. The van der Waals surface area contributed by atoms with E-state index >= 15 is 0 Å². The van der Waals surface area contributed by atoms with Gasteiger partial charge in [0, 0.05) is 12.2 Å². The summed E-state index contributed by atoms with van der Waals surface area (Å²) in [4.78, 5) is 13.1. The summed E-state index contributed by atoms with van der Waals surface area (Å²) >= 11 is 0. The quantitative estimate of drug-likeness (QED) is 0.420. The number of hydrogen-bond acceptors (Lipinski definition) is 3. The number of aromatic nitrogens is 2. The highest BCUT2D eigenvalue weighted by Crippen LogP contribution is 2.61. The van der Waals surface area contributed by atoms with E-state index in [1.54, 1.807) is 10.7 Å². The first-order valence-electron chi connectivity index (χ1n) is 13.2. The molecule has 4 aliphatic carbocycles. The molecule has 7 rings (SSSR count). The SMILES string of the molecule is CCC(NC(=O)c1ccn(COc2ccc(-c3ccccc3)cc2)n1)C12CC3CC(CC(C3)C1)C2. The lowest BCUT2D eigenvalue weighted by Crippen LogP contribution is -2.56. The van der Waals surface area contributed by atoms with E-state index in [1.165, 1.54) is 44.1 Å². The molecular formula is C30H35N3O2. The van der Waals surface area contributed by atoms with Crippen LogP contribution in [0.4, 0.5) is 0 Å². The van der Waals surface area contributed by atoms with Gasteiger partial charge in [-0.25, -0.2) is 4.68 Å². The number of amides is 1. The highest BCUT2D eigenvalue weighted by Gasteiger charge is 2.54. The third kappa shape index (κ3) is 4.49. The van der Waals surface area contributed by atoms with Crippen molar-refractivity contribution in [2.45, 2.75) is 64.6 Å². The molecule has 3 aromatic rings. The van der Waals surface area contributed by atoms with Gasteiger partial charge in [-0.1, -0.05) is 49.4 Å². The van der Waals surface area contributed by atoms with Crippen LogP contribution in [-0.4, -0.2) is 21.7 Å². The first-order valence-corrected chi connectivity index (χ1v) is 13.2. The van der Waals surface area contributed by atoms with Gasteiger partial charge in [-0.15, -0.1) is 0 Å². The predicted octanol–water partition coefficient (Wildman–Crippen LogP) is 6.31. The van der Waals surface area contributed by atoms with Gasteiger partial charge in [0.15, 0.2) is 6.73 Å². The second-order valence-corrected chi connectivity index (χ2v) is 11.1. The van der Waals surface area contributed by atoms with E-state index in [2.05, 4.69) is 41.6 Å². The van der Waals surface area contributed by atoms with E-state index in [9.17, 15) is 4.79 Å². The second kappa shape index (κ2) is 9.18. The van der Waals surface area contributed by atoms with Crippen LogP contribution in [0.2, 0.25) is 0 Å². The van der Waals surface area contributed by atoms with Crippen molar-refractivity contribution in [3.8, 4) is 16.9 Å². The Morgan fingerprint density at radius 3 is 2.23 bits per heavy atom. The molecular weight excluding hydrogens is 434 g/mol. The molecule has 4 saturated carbocycles. The lowest BCUT2D eigenvalue weighted by molar-refractivity contribution is -0.0727. The molecule has 1 heterocycles. The Labute approximate surface area is 207 Å². The van der Waals surface area contributed by atoms with Crippen LogP contribution in [0.1, 0.15) is 62.4 Å². The third-order valence-corrected chi connectivity index (χ3v) is 8.74. The molecule has 4 aliphatic rings. The molecule has 0 spiro atoms. The largest absolute Gasteiger partial charge is 0.471 e. The Morgan fingerprint density at radius 1 is 0.971 bits per heavy atom. The molecule has 1 atom stereocenters. The van der Waals surface area contributed by atoms with Crippen LogP contribution in [0.3, 0.4) is 0 Å². The molecule has 4 fully saturated rings. The van der Waals surface area contributed by atoms with E-state index in [1.807, 2.05) is 36.5 Å². The van der Waals surface area contributed by atoms with Crippen molar-refractivity contribution in [1.29, 1.82) is 0 Å². The molecule has 5 heteroatoms. The molecule has 1 aromatic heterocycles. The maximum Gasteiger partial charge on any atom is 0.272 e. The third-order valence-electron chi connectivity index (χ3n) is 8.74. The van der Waals surface area contributed by atoms with Crippen LogP contribution in [0.25, 0.3) is 11.1 Å². The Morgan fingerprint density at radius 2 is 1.60 bits per heavy atom. The number of nitrogens with one attached hydrogen (secondary N) is 1. The summed E-state index contributed by atoms with van der Waals surface area (Å²) in [7, 11) is 0. The number of ether oxygens (including phenoxy) is 1. The maximum atomic E-state index is 13.1. The van der Waals surface area contributed by atoms with Gasteiger partial charge in [-0.2, -0.15) is 5.10 Å². The Hall–Kier alpha value is -3.08. The van der Waals surface area contributed by atoms with E-state index in [0.717, 1.165) is 35.5 Å². The average molecular weight is 470 g/mol. The molecule has 1 unspecified atom stereocenters. The summed E-state index contributed by atoms with van der Waals surface area (Å²) < 4.78 is 7.60. The molecule has 1 N–H and O–H groups in total. The normalized spacial score (nSPS) is 27.5. The minimum Gasteiger partial charge on any atom is -0.471 e. The van der Waals surface area contributed by atoms with Crippen molar-refractivity contribution in [2.75, 3.05) is 0 Å². The van der Waals surface area contributed by atoms with Crippen LogP contribution in [0, 0.1) is 23.2 Å². The monoisotopic (exact) mass is 469 g/mol. The fourth-order valence-corrected chi connectivity index (χ4v) is 7.59. The zero-order valence-corrected chi connectivity index (χ0v) is 20.5. The lowest BCUT2D eigenvalue weighted by atomic mass is 9.47. The number of hydrogen-bond donors (Lipinski definition) is 1. The summed E-state index contributed by atoms with van der Waals surface area (Å²) in [6.45, 7) is 2.49. The standard InChI is InChI=1S/C30H35N3O2/c1-2-28(30-17-21-14-22(18-30)16-23(15-21)19-30)31-29(34)27-12-13-33(32-27)20-35-26-10-8-25(9-11-26)24-6-4-3-5-7-24/h3-13,21-23,28H,2,14-20H2,1H3,(H,31,34). The fraction of sp³-hybridized carbons (Fsp3) is 0.467. The van der Waals surface area contributed by atoms with Gasteiger partial charge in [0.05, 0.1) is 0 Å². The van der Waals surface area contributed by atoms with Gasteiger partial charge >= 0.3 is 0 Å². The van der Waals surface area contributed by atoms with Crippen molar-refractivity contribution in [3.05, 3.63) is 72.6 Å². The van der Waals surface area contributed by atoms with E-state index in [0.29, 0.717) is 11.1 Å². The predicted molar refractivity (Wildman–Crippen MR) is 137 cm³/mol. The minimum atomic E-state index is -0.0569. The number of carbonyl (C=O) groups excluding carboxylic acids is 1. The smallest absolute Gasteiger partial charge is 0.272 e. The first-order chi connectivity index (χ1) is 17.1. The molecule has 35 heavy (non-hydrogen) atoms. The van der Waals surface area contributed by atoms with Crippen molar-refractivity contribution in [3.63, 3.8) is 0 Å². The van der Waals surface area contributed by atoms with Crippen LogP contribution >= 0.6 is 0 Å². The van der Waals surface area contributed by atoms with Gasteiger partial charge < -0.3 is 10.1 Å². The van der Waals surface area contributed by atoms with Gasteiger partial charge in [-0.05, 0) is 97.4 Å². The van der Waals surface area contributed by atoms with Crippen molar-refractivity contribution < 1.29 is 9.53 Å². The molecule has 182 valence electrons. The molecule has 0 radical (unpaired) electrons. The highest BCUT2D eigenvalue weighted by atomic mass is 16.5. The molecule has 0 aliphatic heterocycles. The number of benzene rings is 2. The Kier molecular flexibility index (Phi) is 5.87. The van der Waals surface area contributed by atoms with Gasteiger partial charge in [-0.3, -0.25) is 4.79 Å². The van der Waals surface area contributed by atoms with Crippen LogP contribution in [0.15, 0.2) is 66.9 Å². The lowest BCUT2D eigenvalue weighted by Gasteiger charge is -2.59. The molecule has 0 saturated heterocycles. The summed E-state index contributed by atoms with van der Waals surface area (Å²) in [5.74, 6) is 3.36. The molecule has 4 bridgehead atoms. The molecule has 1 amide bonds. The zero-order chi connectivity index (χ0) is 23.8.